The fraction of sp³-hybridized carbons (Fsp3) is 0.222. The summed E-state index contributed by atoms with van der Waals surface area (Å²) in [7, 11) is 0. The monoisotopic (exact) mass is 286 g/mol. The van der Waals surface area contributed by atoms with Gasteiger partial charge in [-0.05, 0) is 19.1 Å². The van der Waals surface area contributed by atoms with Crippen LogP contribution in [0.25, 0.3) is 0 Å². The number of hydrogen-bond donors (Lipinski definition) is 1. The molecule has 80 valence electrons. The molecule has 0 aliphatic heterocycles. The number of carbonyl (C=O) groups is 2. The molecule has 0 amide bonds. The van der Waals surface area contributed by atoms with E-state index in [2.05, 4.69) is 10.3 Å². The zero-order valence-electron chi connectivity index (χ0n) is 9.89. The standard InChI is InChI=1S/C9H10N2O4.2K/c1-5(8(12)13)11-7-4-6(9(14)15)2-3-10-7;;/h2-5H,1H3,(H,10,11)(H,12,13)(H,14,15);;/q;2*+1/p-2. The van der Waals surface area contributed by atoms with Crippen molar-refractivity contribution < 1.29 is 123 Å². The van der Waals surface area contributed by atoms with Crippen LogP contribution in [0.4, 0.5) is 5.82 Å². The average Bonchev–Trinajstić information content (AvgIpc) is 2.18. The van der Waals surface area contributed by atoms with Gasteiger partial charge in [-0.1, -0.05) is 0 Å². The summed E-state index contributed by atoms with van der Waals surface area (Å²) >= 11 is 0. The van der Waals surface area contributed by atoms with Crippen molar-refractivity contribution in [3.63, 3.8) is 0 Å². The van der Waals surface area contributed by atoms with E-state index in [4.69, 9.17) is 0 Å². The molecule has 1 heterocycles. The quantitative estimate of drug-likeness (QED) is 0.551. The second kappa shape index (κ2) is 10.0. The van der Waals surface area contributed by atoms with E-state index in [0.717, 1.165) is 0 Å². The maximum atomic E-state index is 10.5. The molecule has 8 heteroatoms. The van der Waals surface area contributed by atoms with Crippen LogP contribution in [0.2, 0.25) is 0 Å². The van der Waals surface area contributed by atoms with Gasteiger partial charge >= 0.3 is 103 Å². The third-order valence-corrected chi connectivity index (χ3v) is 1.71. The molecule has 0 bridgehead atoms. The maximum absolute atomic E-state index is 10.5. The summed E-state index contributed by atoms with van der Waals surface area (Å²) in [6, 6.07) is 1.49. The van der Waals surface area contributed by atoms with E-state index in [0.29, 0.717) is 0 Å². The van der Waals surface area contributed by atoms with Crippen molar-refractivity contribution in [3.05, 3.63) is 23.9 Å². The molecule has 17 heavy (non-hydrogen) atoms. The number of aromatic carboxylic acids is 1. The number of anilines is 1. The van der Waals surface area contributed by atoms with Crippen molar-refractivity contribution >= 4 is 17.8 Å². The molecule has 1 aromatic heterocycles. The van der Waals surface area contributed by atoms with Crippen LogP contribution in [0.5, 0.6) is 0 Å². The second-order valence-corrected chi connectivity index (χ2v) is 2.90. The van der Waals surface area contributed by atoms with E-state index in [9.17, 15) is 19.8 Å². The van der Waals surface area contributed by atoms with E-state index in [1.165, 1.54) is 25.3 Å². The molecule has 0 aliphatic carbocycles. The number of pyridine rings is 1. The smallest absolute Gasteiger partial charge is 0.548 e. The minimum atomic E-state index is -1.35. The number of aliphatic carboxylic acids is 1. The van der Waals surface area contributed by atoms with Gasteiger partial charge in [0, 0.05) is 11.8 Å². The minimum Gasteiger partial charge on any atom is -0.548 e. The summed E-state index contributed by atoms with van der Waals surface area (Å²) < 4.78 is 0. The van der Waals surface area contributed by atoms with Crippen molar-refractivity contribution in [2.24, 2.45) is 0 Å². The van der Waals surface area contributed by atoms with Crippen LogP contribution in [-0.4, -0.2) is 23.0 Å². The molecule has 1 rings (SSSR count). The van der Waals surface area contributed by atoms with Gasteiger partial charge in [0.2, 0.25) is 0 Å². The van der Waals surface area contributed by atoms with Crippen LogP contribution in [0.1, 0.15) is 17.3 Å². The third-order valence-electron chi connectivity index (χ3n) is 1.71. The Labute approximate surface area is 183 Å². The summed E-state index contributed by atoms with van der Waals surface area (Å²) in [4.78, 5) is 24.6. The van der Waals surface area contributed by atoms with Crippen LogP contribution < -0.4 is 118 Å². The maximum Gasteiger partial charge on any atom is 1.00 e. The third kappa shape index (κ3) is 7.35. The Balaban J connectivity index is 0. The molecule has 1 unspecified atom stereocenters. The van der Waals surface area contributed by atoms with Crippen molar-refractivity contribution in [2.45, 2.75) is 13.0 Å². The topological polar surface area (TPSA) is 105 Å². The summed E-state index contributed by atoms with van der Waals surface area (Å²) in [6.45, 7) is 1.36. The van der Waals surface area contributed by atoms with E-state index in [1.807, 2.05) is 0 Å². The average molecular weight is 286 g/mol. The number of carbonyl (C=O) groups excluding carboxylic acids is 2. The largest absolute Gasteiger partial charge is 1.00 e. The number of aromatic nitrogens is 1. The van der Waals surface area contributed by atoms with Crippen LogP contribution >= 0.6 is 0 Å². The first-order chi connectivity index (χ1) is 7.00. The van der Waals surface area contributed by atoms with Crippen molar-refractivity contribution in [1.29, 1.82) is 0 Å². The first-order valence-corrected chi connectivity index (χ1v) is 4.15. The molecule has 6 nitrogen and oxygen atoms in total. The molecular formula is C9H8K2N2O4. The van der Waals surface area contributed by atoms with Gasteiger partial charge in [-0.2, -0.15) is 0 Å². The first kappa shape index (κ1) is 20.5. The molecule has 0 radical (unpaired) electrons. The number of hydrogen-bond acceptors (Lipinski definition) is 6. The summed E-state index contributed by atoms with van der Waals surface area (Å²) in [6.07, 6.45) is 1.25. The molecule has 1 N–H and O–H groups in total. The van der Waals surface area contributed by atoms with Crippen molar-refractivity contribution in [2.75, 3.05) is 5.32 Å². The Bertz CT molecular complexity index is 400. The summed E-state index contributed by atoms with van der Waals surface area (Å²) in [5, 5.41) is 23.3. The number of rotatable bonds is 4. The van der Waals surface area contributed by atoms with Gasteiger partial charge in [0.05, 0.1) is 18.0 Å². The Morgan fingerprint density at radius 2 is 1.94 bits per heavy atom. The molecule has 1 aromatic rings. The van der Waals surface area contributed by atoms with E-state index < -0.39 is 18.0 Å². The molecule has 0 saturated carbocycles. The molecular weight excluding hydrogens is 278 g/mol. The summed E-state index contributed by atoms with van der Waals surface area (Å²) in [5.41, 5.74) is -0.0713. The minimum absolute atomic E-state index is 0. The van der Waals surface area contributed by atoms with E-state index >= 15 is 0 Å². The van der Waals surface area contributed by atoms with Gasteiger partial charge in [0.25, 0.3) is 0 Å². The van der Waals surface area contributed by atoms with Gasteiger partial charge in [0.1, 0.15) is 5.82 Å². The van der Waals surface area contributed by atoms with Crippen LogP contribution in [0.15, 0.2) is 18.3 Å². The van der Waals surface area contributed by atoms with Gasteiger partial charge in [-0.3, -0.25) is 0 Å². The predicted molar refractivity (Wildman–Crippen MR) is 46.7 cm³/mol. The van der Waals surface area contributed by atoms with Gasteiger partial charge in [-0.25, -0.2) is 4.98 Å². The normalized spacial score (nSPS) is 10.4. The Morgan fingerprint density at radius 3 is 2.41 bits per heavy atom. The Kier molecular flexibility index (Phi) is 12.1. The first-order valence-electron chi connectivity index (χ1n) is 4.15. The fourth-order valence-electron chi connectivity index (χ4n) is 0.917. The van der Waals surface area contributed by atoms with E-state index in [1.54, 1.807) is 0 Å². The molecule has 0 spiro atoms. The molecule has 0 aliphatic rings. The van der Waals surface area contributed by atoms with Crippen LogP contribution in [0.3, 0.4) is 0 Å². The second-order valence-electron chi connectivity index (χ2n) is 2.90. The Morgan fingerprint density at radius 1 is 1.35 bits per heavy atom. The molecule has 0 saturated heterocycles. The fourth-order valence-corrected chi connectivity index (χ4v) is 0.917. The Hall–Kier alpha value is 1.16. The van der Waals surface area contributed by atoms with Crippen molar-refractivity contribution in [3.8, 4) is 0 Å². The number of nitrogens with one attached hydrogen (secondary N) is 1. The van der Waals surface area contributed by atoms with Crippen molar-refractivity contribution in [1.82, 2.24) is 4.98 Å². The number of carboxylic acids is 2. The van der Waals surface area contributed by atoms with Gasteiger partial charge in [0.15, 0.2) is 0 Å². The molecule has 1 atom stereocenters. The zero-order chi connectivity index (χ0) is 11.4. The van der Waals surface area contributed by atoms with E-state index in [-0.39, 0.29) is 114 Å². The SMILES string of the molecule is CC(Nc1cc(C(=O)[O-])ccn1)C(=O)[O-].[K+].[K+]. The number of nitrogens with zero attached hydrogens (tertiary/aromatic N) is 1. The zero-order valence-corrected chi connectivity index (χ0v) is 16.1. The van der Waals surface area contributed by atoms with Crippen LogP contribution in [0, 0.1) is 0 Å². The van der Waals surface area contributed by atoms with Crippen LogP contribution in [-0.2, 0) is 4.79 Å². The van der Waals surface area contributed by atoms with Gasteiger partial charge in [-0.15, -0.1) is 0 Å². The molecule has 0 aromatic carbocycles. The molecule has 0 fully saturated rings. The predicted octanol–water partition coefficient (Wildman–Crippen LogP) is -8.00. The van der Waals surface area contributed by atoms with Gasteiger partial charge < -0.3 is 25.1 Å². The number of carboxylic acid groups (broad SMARTS) is 2. The summed E-state index contributed by atoms with van der Waals surface area (Å²) in [5.74, 6) is -2.49.